The number of piperidine rings is 1. The summed E-state index contributed by atoms with van der Waals surface area (Å²) in [6.45, 7) is 8.54. The first kappa shape index (κ1) is 19.8. The Balaban J connectivity index is 1.76. The van der Waals surface area contributed by atoms with E-state index in [0.717, 1.165) is 56.3 Å². The minimum atomic E-state index is 0.0439. The van der Waals surface area contributed by atoms with Gasteiger partial charge in [-0.3, -0.25) is 4.79 Å². The van der Waals surface area contributed by atoms with Gasteiger partial charge in [-0.1, -0.05) is 17.7 Å². The van der Waals surface area contributed by atoms with Crippen LogP contribution in [0.1, 0.15) is 38.7 Å². The van der Waals surface area contributed by atoms with Crippen molar-refractivity contribution in [3.05, 3.63) is 28.8 Å². The summed E-state index contributed by atoms with van der Waals surface area (Å²) < 4.78 is 5.71. The predicted molar refractivity (Wildman–Crippen MR) is 108 cm³/mol. The first-order valence-electron chi connectivity index (χ1n) is 9.76. The molecule has 3 rings (SSSR count). The van der Waals surface area contributed by atoms with Gasteiger partial charge in [0.25, 0.3) is 0 Å². The zero-order valence-corrected chi connectivity index (χ0v) is 16.9. The smallest absolute Gasteiger partial charge is 0.220 e. The van der Waals surface area contributed by atoms with Crippen LogP contribution in [0.15, 0.2) is 23.2 Å². The van der Waals surface area contributed by atoms with Gasteiger partial charge < -0.3 is 20.3 Å². The maximum absolute atomic E-state index is 11.8. The fourth-order valence-corrected chi connectivity index (χ4v) is 4.13. The third-order valence-corrected chi connectivity index (χ3v) is 5.46. The molecule has 2 N–H and O–H groups in total. The molecule has 27 heavy (non-hydrogen) atoms. The number of carbonyl (C=O) groups is 1. The quantitative estimate of drug-likeness (QED) is 0.597. The zero-order valence-electron chi connectivity index (χ0n) is 16.2. The number of halogens is 1. The number of rotatable bonds is 5. The Morgan fingerprint density at radius 2 is 2.30 bits per heavy atom. The fourth-order valence-electron chi connectivity index (χ4n) is 3.96. The summed E-state index contributed by atoms with van der Waals surface area (Å²) in [4.78, 5) is 18.9. The van der Waals surface area contributed by atoms with Crippen LogP contribution in [0.2, 0.25) is 5.02 Å². The van der Waals surface area contributed by atoms with E-state index in [0.29, 0.717) is 24.6 Å². The highest BCUT2D eigenvalue weighted by molar-refractivity contribution is 6.30. The van der Waals surface area contributed by atoms with Gasteiger partial charge in [0, 0.05) is 48.6 Å². The molecule has 7 heteroatoms. The van der Waals surface area contributed by atoms with Crippen molar-refractivity contribution in [2.75, 3.05) is 32.8 Å². The van der Waals surface area contributed by atoms with E-state index in [9.17, 15) is 4.79 Å². The van der Waals surface area contributed by atoms with Gasteiger partial charge in [0.1, 0.15) is 5.75 Å². The molecule has 1 unspecified atom stereocenters. The Labute approximate surface area is 166 Å². The lowest BCUT2D eigenvalue weighted by Crippen LogP contribution is -2.51. The number of guanidine groups is 1. The van der Waals surface area contributed by atoms with Crippen LogP contribution in [-0.2, 0) is 11.3 Å². The van der Waals surface area contributed by atoms with Crippen LogP contribution in [0.3, 0.4) is 0 Å². The summed E-state index contributed by atoms with van der Waals surface area (Å²) in [7, 11) is 0. The van der Waals surface area contributed by atoms with Gasteiger partial charge in [-0.2, -0.15) is 0 Å². The number of nitrogens with zero attached hydrogens (tertiary/aromatic N) is 2. The maximum atomic E-state index is 11.8. The molecular weight excluding hydrogens is 364 g/mol. The van der Waals surface area contributed by atoms with Crippen molar-refractivity contribution in [1.29, 1.82) is 0 Å². The molecule has 1 spiro atoms. The lowest BCUT2D eigenvalue weighted by Gasteiger charge is -2.40. The highest BCUT2D eigenvalue weighted by Crippen LogP contribution is 2.36. The van der Waals surface area contributed by atoms with Crippen molar-refractivity contribution in [2.24, 2.45) is 10.4 Å². The molecule has 1 aromatic carbocycles. The highest BCUT2D eigenvalue weighted by Gasteiger charge is 2.42. The molecule has 2 aliphatic heterocycles. The molecule has 2 heterocycles. The average Bonchev–Trinajstić information content (AvgIpc) is 3.00. The molecule has 148 valence electrons. The molecule has 0 saturated carbocycles. The van der Waals surface area contributed by atoms with E-state index < -0.39 is 0 Å². The fraction of sp³-hybridized carbons (Fsp3) is 0.600. The Kier molecular flexibility index (Phi) is 6.47. The molecule has 0 radical (unpaired) electrons. The second-order valence-corrected chi connectivity index (χ2v) is 7.77. The van der Waals surface area contributed by atoms with Crippen LogP contribution in [0.4, 0.5) is 0 Å². The van der Waals surface area contributed by atoms with Crippen molar-refractivity contribution in [3.63, 3.8) is 0 Å². The van der Waals surface area contributed by atoms with Crippen molar-refractivity contribution < 1.29 is 9.53 Å². The summed E-state index contributed by atoms with van der Waals surface area (Å²) in [5.74, 6) is 1.85. The van der Waals surface area contributed by atoms with Gasteiger partial charge in [-0.25, -0.2) is 4.99 Å². The average molecular weight is 393 g/mol. The van der Waals surface area contributed by atoms with Gasteiger partial charge in [0.2, 0.25) is 5.91 Å². The third kappa shape index (κ3) is 4.86. The molecule has 1 atom stereocenters. The summed E-state index contributed by atoms with van der Waals surface area (Å²) in [5, 5.41) is 7.07. The van der Waals surface area contributed by atoms with E-state index in [2.05, 4.69) is 22.5 Å². The topological polar surface area (TPSA) is 66.0 Å². The number of hydrogen-bond donors (Lipinski definition) is 2. The molecule has 0 aliphatic carbocycles. The van der Waals surface area contributed by atoms with Crippen LogP contribution < -0.4 is 15.4 Å². The molecule has 1 amide bonds. The predicted octanol–water partition coefficient (Wildman–Crippen LogP) is 2.81. The lowest BCUT2D eigenvalue weighted by atomic mass is 9.79. The van der Waals surface area contributed by atoms with E-state index in [-0.39, 0.29) is 11.3 Å². The number of aliphatic imine (C=N–C) groups is 1. The SMILES string of the molecule is CCNC(=NCc1ccc(Cl)cc1OCC)N1CCCC2(CNC(=O)C2)C1. The summed E-state index contributed by atoms with van der Waals surface area (Å²) >= 11 is 6.10. The van der Waals surface area contributed by atoms with E-state index in [1.165, 1.54) is 0 Å². The number of benzene rings is 1. The Hall–Kier alpha value is -1.95. The molecular formula is C20H29ClN4O2. The molecule has 2 fully saturated rings. The van der Waals surface area contributed by atoms with Crippen molar-refractivity contribution in [2.45, 2.75) is 39.7 Å². The van der Waals surface area contributed by atoms with Crippen molar-refractivity contribution >= 4 is 23.5 Å². The molecule has 6 nitrogen and oxygen atoms in total. The molecule has 2 saturated heterocycles. The molecule has 1 aromatic rings. The minimum absolute atomic E-state index is 0.0439. The van der Waals surface area contributed by atoms with Gasteiger partial charge in [-0.05, 0) is 38.8 Å². The molecule has 0 bridgehead atoms. The second kappa shape index (κ2) is 8.83. The third-order valence-electron chi connectivity index (χ3n) is 5.22. The molecule has 0 aromatic heterocycles. The van der Waals surface area contributed by atoms with E-state index in [4.69, 9.17) is 21.3 Å². The Morgan fingerprint density at radius 1 is 1.44 bits per heavy atom. The first-order chi connectivity index (χ1) is 13.0. The van der Waals surface area contributed by atoms with Crippen LogP contribution in [0.25, 0.3) is 0 Å². The number of carbonyl (C=O) groups excluding carboxylic acids is 1. The Morgan fingerprint density at radius 3 is 3.00 bits per heavy atom. The summed E-state index contributed by atoms with van der Waals surface area (Å²) in [6.07, 6.45) is 2.78. The van der Waals surface area contributed by atoms with Gasteiger partial charge in [0.05, 0.1) is 13.2 Å². The number of nitrogens with one attached hydrogen (secondary N) is 2. The number of likely N-dealkylation sites (tertiary alicyclic amines) is 1. The van der Waals surface area contributed by atoms with Crippen molar-refractivity contribution in [3.8, 4) is 5.75 Å². The van der Waals surface area contributed by atoms with Crippen molar-refractivity contribution in [1.82, 2.24) is 15.5 Å². The van der Waals surface area contributed by atoms with Crippen LogP contribution in [-0.4, -0.2) is 49.6 Å². The lowest BCUT2D eigenvalue weighted by molar-refractivity contribution is -0.119. The number of ether oxygens (including phenoxy) is 1. The van der Waals surface area contributed by atoms with Gasteiger partial charge >= 0.3 is 0 Å². The summed E-state index contributed by atoms with van der Waals surface area (Å²) in [5.41, 5.74) is 1.06. The largest absolute Gasteiger partial charge is 0.493 e. The molecule has 2 aliphatic rings. The summed E-state index contributed by atoms with van der Waals surface area (Å²) in [6, 6.07) is 5.68. The normalized spacial score (nSPS) is 22.9. The van der Waals surface area contributed by atoms with E-state index >= 15 is 0 Å². The van der Waals surface area contributed by atoms with Crippen LogP contribution in [0.5, 0.6) is 5.75 Å². The second-order valence-electron chi connectivity index (χ2n) is 7.33. The van der Waals surface area contributed by atoms with Gasteiger partial charge in [0.15, 0.2) is 5.96 Å². The number of amides is 1. The monoisotopic (exact) mass is 392 g/mol. The number of hydrogen-bond acceptors (Lipinski definition) is 3. The minimum Gasteiger partial charge on any atom is -0.493 e. The Bertz CT molecular complexity index is 709. The highest BCUT2D eigenvalue weighted by atomic mass is 35.5. The van der Waals surface area contributed by atoms with Crippen LogP contribution >= 0.6 is 11.6 Å². The maximum Gasteiger partial charge on any atom is 0.220 e. The van der Waals surface area contributed by atoms with Gasteiger partial charge in [-0.15, -0.1) is 0 Å². The van der Waals surface area contributed by atoms with E-state index in [1.54, 1.807) is 0 Å². The van der Waals surface area contributed by atoms with Crippen LogP contribution in [0, 0.1) is 5.41 Å². The standard InChI is InChI=1S/C20H29ClN4O2/c1-3-22-19(23-12-15-6-7-16(21)10-17(15)27-4-2)25-9-5-8-20(14-25)11-18(26)24-13-20/h6-7,10H,3-5,8-9,11-14H2,1-2H3,(H,22,23)(H,24,26). The zero-order chi connectivity index (χ0) is 19.3. The van der Waals surface area contributed by atoms with E-state index in [1.807, 2.05) is 25.1 Å². The first-order valence-corrected chi connectivity index (χ1v) is 10.1.